The molecule has 0 spiro atoms. The molecule has 1 aromatic carbocycles. The van der Waals surface area contributed by atoms with Crippen molar-refractivity contribution in [2.24, 2.45) is 5.73 Å². The van der Waals surface area contributed by atoms with Crippen molar-refractivity contribution in [3.63, 3.8) is 0 Å². The Kier molecular flexibility index (Phi) is 4.25. The second kappa shape index (κ2) is 5.72. The molecule has 1 aliphatic heterocycles. The molecule has 1 aliphatic rings. The topological polar surface area (TPSA) is 32.5 Å². The monoisotopic (exact) mass is 247 g/mol. The minimum absolute atomic E-state index is 0.121. The highest BCUT2D eigenvalue weighted by molar-refractivity contribution is 5.50. The lowest BCUT2D eigenvalue weighted by Gasteiger charge is -2.29. The lowest BCUT2D eigenvalue weighted by atomic mass is 10.1. The van der Waals surface area contributed by atoms with Crippen LogP contribution in [-0.2, 0) is 0 Å². The van der Waals surface area contributed by atoms with Crippen molar-refractivity contribution in [2.45, 2.75) is 31.8 Å². The minimum Gasteiger partial charge on any atom is -0.367 e. The molecule has 2 N–H and O–H groups in total. The molecule has 1 unspecified atom stereocenters. The molecule has 100 valence electrons. The third-order valence-electron chi connectivity index (χ3n) is 3.70. The standard InChI is InChI=1S/C15H25N3/c1-12(16)13-6-8-14(9-7-13)18-10-4-5-15(18)11-17(2)3/h6-9,12,15H,4-5,10-11,16H2,1-3H3/t12-,15?/m0/s1. The molecule has 2 rings (SSSR count). The number of hydrogen-bond acceptors (Lipinski definition) is 3. The van der Waals surface area contributed by atoms with Gasteiger partial charge in [0.25, 0.3) is 0 Å². The third kappa shape index (κ3) is 3.03. The largest absolute Gasteiger partial charge is 0.367 e. The van der Waals surface area contributed by atoms with Crippen molar-refractivity contribution in [1.29, 1.82) is 0 Å². The van der Waals surface area contributed by atoms with Crippen LogP contribution in [0.25, 0.3) is 0 Å². The molecule has 18 heavy (non-hydrogen) atoms. The predicted octanol–water partition coefficient (Wildman–Crippen LogP) is 2.24. The number of likely N-dealkylation sites (N-methyl/N-ethyl adjacent to an activating group) is 1. The smallest absolute Gasteiger partial charge is 0.0417 e. The van der Waals surface area contributed by atoms with Crippen LogP contribution in [0, 0.1) is 0 Å². The predicted molar refractivity (Wildman–Crippen MR) is 78.0 cm³/mol. The summed E-state index contributed by atoms with van der Waals surface area (Å²) >= 11 is 0. The molecule has 0 radical (unpaired) electrons. The Morgan fingerprint density at radius 1 is 1.33 bits per heavy atom. The van der Waals surface area contributed by atoms with Gasteiger partial charge in [-0.1, -0.05) is 12.1 Å². The molecule has 1 fully saturated rings. The van der Waals surface area contributed by atoms with Crippen molar-refractivity contribution in [1.82, 2.24) is 4.90 Å². The van der Waals surface area contributed by atoms with Gasteiger partial charge in [-0.25, -0.2) is 0 Å². The Morgan fingerprint density at radius 3 is 2.56 bits per heavy atom. The molecule has 3 heteroatoms. The average molecular weight is 247 g/mol. The van der Waals surface area contributed by atoms with Crippen LogP contribution >= 0.6 is 0 Å². The summed E-state index contributed by atoms with van der Waals surface area (Å²) in [7, 11) is 4.30. The van der Waals surface area contributed by atoms with Gasteiger partial charge in [-0.3, -0.25) is 0 Å². The van der Waals surface area contributed by atoms with Crippen LogP contribution in [0.3, 0.4) is 0 Å². The molecule has 0 bridgehead atoms. The van der Waals surface area contributed by atoms with Crippen molar-refractivity contribution < 1.29 is 0 Å². The van der Waals surface area contributed by atoms with Gasteiger partial charge in [0.2, 0.25) is 0 Å². The second-order valence-electron chi connectivity index (χ2n) is 5.63. The van der Waals surface area contributed by atoms with Gasteiger partial charge in [0.15, 0.2) is 0 Å². The van der Waals surface area contributed by atoms with Gasteiger partial charge >= 0.3 is 0 Å². The number of hydrogen-bond donors (Lipinski definition) is 1. The first-order valence-electron chi connectivity index (χ1n) is 6.85. The minimum atomic E-state index is 0.121. The third-order valence-corrected chi connectivity index (χ3v) is 3.70. The molecule has 0 amide bonds. The summed E-state index contributed by atoms with van der Waals surface area (Å²) in [5, 5.41) is 0. The summed E-state index contributed by atoms with van der Waals surface area (Å²) in [6.45, 7) is 4.34. The Hall–Kier alpha value is -1.06. The SMILES string of the molecule is C[C@H](N)c1ccc(N2CCCC2CN(C)C)cc1. The van der Waals surface area contributed by atoms with E-state index in [-0.39, 0.29) is 6.04 Å². The van der Waals surface area contributed by atoms with Gasteiger partial charge in [-0.05, 0) is 51.6 Å². The van der Waals surface area contributed by atoms with Gasteiger partial charge in [-0.2, -0.15) is 0 Å². The van der Waals surface area contributed by atoms with Gasteiger partial charge in [0.1, 0.15) is 0 Å². The molecule has 1 heterocycles. The second-order valence-corrected chi connectivity index (χ2v) is 5.63. The highest BCUT2D eigenvalue weighted by atomic mass is 15.2. The van der Waals surface area contributed by atoms with E-state index in [9.17, 15) is 0 Å². The number of benzene rings is 1. The Balaban J connectivity index is 2.10. The van der Waals surface area contributed by atoms with E-state index >= 15 is 0 Å². The van der Waals surface area contributed by atoms with E-state index in [1.54, 1.807) is 0 Å². The van der Waals surface area contributed by atoms with Gasteiger partial charge in [-0.15, -0.1) is 0 Å². The van der Waals surface area contributed by atoms with Crippen LogP contribution in [0.2, 0.25) is 0 Å². The highest BCUT2D eigenvalue weighted by Crippen LogP contribution is 2.26. The number of anilines is 1. The van der Waals surface area contributed by atoms with E-state index in [1.807, 2.05) is 6.92 Å². The van der Waals surface area contributed by atoms with E-state index < -0.39 is 0 Å². The first-order valence-corrected chi connectivity index (χ1v) is 6.85. The summed E-state index contributed by atoms with van der Waals surface area (Å²) in [6.07, 6.45) is 2.60. The summed E-state index contributed by atoms with van der Waals surface area (Å²) < 4.78 is 0. The maximum Gasteiger partial charge on any atom is 0.0417 e. The normalized spacial score (nSPS) is 21.6. The van der Waals surface area contributed by atoms with Crippen LogP contribution in [-0.4, -0.2) is 38.1 Å². The fraction of sp³-hybridized carbons (Fsp3) is 0.600. The van der Waals surface area contributed by atoms with Crippen LogP contribution in [0.15, 0.2) is 24.3 Å². The fourth-order valence-electron chi connectivity index (χ4n) is 2.76. The Morgan fingerprint density at radius 2 is 2.00 bits per heavy atom. The quantitative estimate of drug-likeness (QED) is 0.885. The molecule has 0 saturated carbocycles. The van der Waals surface area contributed by atoms with Crippen molar-refractivity contribution in [3.05, 3.63) is 29.8 Å². The zero-order chi connectivity index (χ0) is 13.1. The molecule has 1 aromatic rings. The van der Waals surface area contributed by atoms with Crippen LogP contribution in [0.4, 0.5) is 5.69 Å². The molecule has 0 aliphatic carbocycles. The van der Waals surface area contributed by atoms with Crippen molar-refractivity contribution in [2.75, 3.05) is 32.1 Å². The first kappa shape index (κ1) is 13.4. The van der Waals surface area contributed by atoms with E-state index in [2.05, 4.69) is 48.2 Å². The van der Waals surface area contributed by atoms with E-state index in [0.717, 1.165) is 6.54 Å². The molecule has 3 nitrogen and oxygen atoms in total. The number of nitrogens with zero attached hydrogens (tertiary/aromatic N) is 2. The molecule has 2 atom stereocenters. The highest BCUT2D eigenvalue weighted by Gasteiger charge is 2.24. The van der Waals surface area contributed by atoms with Crippen LogP contribution in [0.5, 0.6) is 0 Å². The zero-order valence-corrected chi connectivity index (χ0v) is 11.8. The molecular weight excluding hydrogens is 222 g/mol. The fourth-order valence-corrected chi connectivity index (χ4v) is 2.76. The van der Waals surface area contributed by atoms with Gasteiger partial charge in [0, 0.05) is 30.9 Å². The Labute approximate surface area is 111 Å². The molecule has 0 aromatic heterocycles. The summed E-state index contributed by atoms with van der Waals surface area (Å²) in [5.74, 6) is 0. The maximum atomic E-state index is 5.89. The Bertz CT molecular complexity index is 370. The molecule has 1 saturated heterocycles. The van der Waals surface area contributed by atoms with Crippen molar-refractivity contribution >= 4 is 5.69 Å². The van der Waals surface area contributed by atoms with Crippen LogP contribution in [0.1, 0.15) is 31.4 Å². The summed E-state index contributed by atoms with van der Waals surface area (Å²) in [5.41, 5.74) is 8.44. The maximum absolute atomic E-state index is 5.89. The van der Waals surface area contributed by atoms with E-state index in [0.29, 0.717) is 6.04 Å². The number of nitrogens with two attached hydrogens (primary N) is 1. The van der Waals surface area contributed by atoms with E-state index in [1.165, 1.54) is 30.6 Å². The average Bonchev–Trinajstić information content (AvgIpc) is 2.76. The van der Waals surface area contributed by atoms with Crippen LogP contribution < -0.4 is 10.6 Å². The van der Waals surface area contributed by atoms with E-state index in [4.69, 9.17) is 5.73 Å². The molecular formula is C15H25N3. The van der Waals surface area contributed by atoms with Gasteiger partial charge in [0.05, 0.1) is 0 Å². The first-order chi connectivity index (χ1) is 8.58. The number of rotatable bonds is 4. The zero-order valence-electron chi connectivity index (χ0n) is 11.8. The van der Waals surface area contributed by atoms with Gasteiger partial charge < -0.3 is 15.5 Å². The lowest BCUT2D eigenvalue weighted by molar-refractivity contribution is 0.372. The summed E-state index contributed by atoms with van der Waals surface area (Å²) in [6, 6.07) is 9.52. The van der Waals surface area contributed by atoms with Crippen molar-refractivity contribution in [3.8, 4) is 0 Å². The lowest BCUT2D eigenvalue weighted by Crippen LogP contribution is -2.37. The summed E-state index contributed by atoms with van der Waals surface area (Å²) in [4.78, 5) is 4.81.